The van der Waals surface area contributed by atoms with Crippen molar-refractivity contribution in [3.63, 3.8) is 0 Å². The van der Waals surface area contributed by atoms with Crippen molar-refractivity contribution in [2.24, 2.45) is 0 Å². The number of urea groups is 1. The van der Waals surface area contributed by atoms with E-state index in [1.165, 1.54) is 5.56 Å². The Morgan fingerprint density at radius 3 is 2.53 bits per heavy atom. The Bertz CT molecular complexity index is 371. The van der Waals surface area contributed by atoms with Crippen LogP contribution in [0.4, 0.5) is 4.79 Å². The Kier molecular flexibility index (Phi) is 3.67. The summed E-state index contributed by atoms with van der Waals surface area (Å²) in [6, 6.07) is 10.8. The number of carbonyl (C=O) groups excluding carboxylic acids is 1. The maximum atomic E-state index is 12.1. The van der Waals surface area contributed by atoms with Crippen molar-refractivity contribution in [3.05, 3.63) is 35.9 Å². The van der Waals surface area contributed by atoms with Crippen LogP contribution in [0.5, 0.6) is 0 Å². The van der Waals surface area contributed by atoms with Gasteiger partial charge in [0, 0.05) is 18.6 Å². The molecular formula is C14H20N2O. The van der Waals surface area contributed by atoms with Gasteiger partial charge in [-0.3, -0.25) is 0 Å². The van der Waals surface area contributed by atoms with Crippen LogP contribution in [0.2, 0.25) is 0 Å². The first-order chi connectivity index (χ1) is 8.16. The fourth-order valence-electron chi connectivity index (χ4n) is 1.75. The number of carbonyl (C=O) groups is 1. The van der Waals surface area contributed by atoms with Crippen LogP contribution in [-0.4, -0.2) is 23.0 Å². The molecular weight excluding hydrogens is 212 g/mol. The average Bonchev–Trinajstić information content (AvgIpc) is 3.10. The SMILES string of the molecule is CC(C)N(Cc1ccccc1)C(=O)NC1CC1. The van der Waals surface area contributed by atoms with Gasteiger partial charge in [-0.25, -0.2) is 4.79 Å². The quantitative estimate of drug-likeness (QED) is 0.850. The van der Waals surface area contributed by atoms with E-state index in [4.69, 9.17) is 0 Å². The summed E-state index contributed by atoms with van der Waals surface area (Å²) in [6.45, 7) is 4.78. The number of hydrogen-bond acceptors (Lipinski definition) is 1. The summed E-state index contributed by atoms with van der Waals surface area (Å²) in [5.41, 5.74) is 1.17. The highest BCUT2D eigenvalue weighted by atomic mass is 16.2. The topological polar surface area (TPSA) is 32.3 Å². The van der Waals surface area contributed by atoms with Gasteiger partial charge in [-0.2, -0.15) is 0 Å². The van der Waals surface area contributed by atoms with Crippen LogP contribution < -0.4 is 5.32 Å². The second-order valence-electron chi connectivity index (χ2n) is 4.93. The molecule has 1 aromatic carbocycles. The highest BCUT2D eigenvalue weighted by molar-refractivity contribution is 5.75. The Balaban J connectivity index is 1.98. The number of hydrogen-bond donors (Lipinski definition) is 1. The Morgan fingerprint density at radius 1 is 1.35 bits per heavy atom. The number of amides is 2. The normalized spacial score (nSPS) is 14.8. The summed E-state index contributed by atoms with van der Waals surface area (Å²) in [4.78, 5) is 13.9. The molecule has 1 aliphatic rings. The van der Waals surface area contributed by atoms with Crippen LogP contribution >= 0.6 is 0 Å². The summed E-state index contributed by atoms with van der Waals surface area (Å²) in [6.07, 6.45) is 2.26. The molecule has 0 bridgehead atoms. The molecule has 1 aliphatic carbocycles. The summed E-state index contributed by atoms with van der Waals surface area (Å²) < 4.78 is 0. The summed E-state index contributed by atoms with van der Waals surface area (Å²) >= 11 is 0. The monoisotopic (exact) mass is 232 g/mol. The summed E-state index contributed by atoms with van der Waals surface area (Å²) in [5.74, 6) is 0. The van der Waals surface area contributed by atoms with Crippen molar-refractivity contribution in [2.45, 2.75) is 45.3 Å². The zero-order valence-electron chi connectivity index (χ0n) is 10.5. The van der Waals surface area contributed by atoms with Crippen molar-refractivity contribution in [2.75, 3.05) is 0 Å². The molecule has 3 nitrogen and oxygen atoms in total. The molecule has 3 heteroatoms. The molecule has 1 fully saturated rings. The summed E-state index contributed by atoms with van der Waals surface area (Å²) in [5, 5.41) is 3.04. The average molecular weight is 232 g/mol. The van der Waals surface area contributed by atoms with Crippen molar-refractivity contribution >= 4 is 6.03 Å². The molecule has 1 aromatic rings. The molecule has 1 N–H and O–H groups in total. The lowest BCUT2D eigenvalue weighted by Crippen LogP contribution is -2.44. The van der Waals surface area contributed by atoms with Crippen molar-refractivity contribution < 1.29 is 4.79 Å². The molecule has 0 aromatic heterocycles. The molecule has 0 aliphatic heterocycles. The Morgan fingerprint density at radius 2 is 2.00 bits per heavy atom. The smallest absolute Gasteiger partial charge is 0.318 e. The molecule has 0 heterocycles. The molecule has 0 unspecified atom stereocenters. The predicted octanol–water partition coefficient (Wildman–Crippen LogP) is 2.77. The fraction of sp³-hybridized carbons (Fsp3) is 0.500. The van der Waals surface area contributed by atoms with E-state index >= 15 is 0 Å². The van der Waals surface area contributed by atoms with Gasteiger partial charge in [0.05, 0.1) is 0 Å². The van der Waals surface area contributed by atoms with Crippen LogP contribution in [0.15, 0.2) is 30.3 Å². The minimum absolute atomic E-state index is 0.0614. The number of nitrogens with one attached hydrogen (secondary N) is 1. The van der Waals surface area contributed by atoms with Gasteiger partial charge >= 0.3 is 6.03 Å². The first-order valence-electron chi connectivity index (χ1n) is 6.28. The molecule has 0 spiro atoms. The van der Waals surface area contributed by atoms with Gasteiger partial charge in [-0.1, -0.05) is 30.3 Å². The first-order valence-corrected chi connectivity index (χ1v) is 6.28. The van der Waals surface area contributed by atoms with E-state index in [1.54, 1.807) is 0 Å². The first kappa shape index (κ1) is 12.0. The minimum atomic E-state index is 0.0614. The lowest BCUT2D eigenvalue weighted by atomic mass is 10.2. The van der Waals surface area contributed by atoms with Crippen molar-refractivity contribution in [1.29, 1.82) is 0 Å². The second kappa shape index (κ2) is 5.21. The molecule has 0 radical (unpaired) electrons. The zero-order chi connectivity index (χ0) is 12.3. The highest BCUT2D eigenvalue weighted by Gasteiger charge is 2.26. The van der Waals surface area contributed by atoms with Crippen molar-refractivity contribution in [1.82, 2.24) is 10.2 Å². The van der Waals surface area contributed by atoms with Crippen LogP contribution in [-0.2, 0) is 6.54 Å². The van der Waals surface area contributed by atoms with E-state index in [-0.39, 0.29) is 12.1 Å². The van der Waals surface area contributed by atoms with Gasteiger partial charge < -0.3 is 10.2 Å². The summed E-state index contributed by atoms with van der Waals surface area (Å²) in [7, 11) is 0. The van der Waals surface area contributed by atoms with Crippen LogP contribution in [0.1, 0.15) is 32.3 Å². The molecule has 17 heavy (non-hydrogen) atoms. The highest BCUT2D eigenvalue weighted by Crippen LogP contribution is 2.19. The molecule has 0 saturated heterocycles. The third kappa shape index (κ3) is 3.48. The van der Waals surface area contributed by atoms with Gasteiger partial charge in [0.25, 0.3) is 0 Å². The van der Waals surface area contributed by atoms with E-state index in [0.29, 0.717) is 12.6 Å². The maximum absolute atomic E-state index is 12.1. The van der Waals surface area contributed by atoms with Crippen molar-refractivity contribution in [3.8, 4) is 0 Å². The van der Waals surface area contributed by atoms with Gasteiger partial charge in [-0.15, -0.1) is 0 Å². The standard InChI is InChI=1S/C14H20N2O/c1-11(2)16(14(17)15-13-8-9-13)10-12-6-4-3-5-7-12/h3-7,11,13H,8-10H2,1-2H3,(H,15,17). The molecule has 0 atom stereocenters. The third-order valence-electron chi connectivity index (χ3n) is 2.98. The zero-order valence-corrected chi connectivity index (χ0v) is 10.5. The number of benzene rings is 1. The second-order valence-corrected chi connectivity index (χ2v) is 4.93. The predicted molar refractivity (Wildman–Crippen MR) is 68.7 cm³/mol. The minimum Gasteiger partial charge on any atom is -0.335 e. The largest absolute Gasteiger partial charge is 0.335 e. The Hall–Kier alpha value is -1.51. The Labute approximate surface area is 103 Å². The molecule has 2 amide bonds. The van der Waals surface area contributed by atoms with Crippen LogP contribution in [0.3, 0.4) is 0 Å². The maximum Gasteiger partial charge on any atom is 0.318 e. The number of nitrogens with zero attached hydrogens (tertiary/aromatic N) is 1. The molecule has 2 rings (SSSR count). The van der Waals surface area contributed by atoms with Gasteiger partial charge in [0.2, 0.25) is 0 Å². The van der Waals surface area contributed by atoms with Gasteiger partial charge in [0.1, 0.15) is 0 Å². The molecule has 92 valence electrons. The van der Waals surface area contributed by atoms with E-state index in [9.17, 15) is 4.79 Å². The van der Waals surface area contributed by atoms with E-state index < -0.39 is 0 Å². The lowest BCUT2D eigenvalue weighted by molar-refractivity contribution is 0.179. The van der Waals surface area contributed by atoms with E-state index in [1.807, 2.05) is 23.1 Å². The van der Waals surface area contributed by atoms with Crippen LogP contribution in [0, 0.1) is 0 Å². The van der Waals surface area contributed by atoms with Crippen LogP contribution in [0.25, 0.3) is 0 Å². The molecule has 1 saturated carbocycles. The fourth-order valence-corrected chi connectivity index (χ4v) is 1.75. The van der Waals surface area contributed by atoms with Gasteiger partial charge in [0.15, 0.2) is 0 Å². The number of rotatable bonds is 4. The third-order valence-corrected chi connectivity index (χ3v) is 2.98. The van der Waals surface area contributed by atoms with Gasteiger partial charge in [-0.05, 0) is 32.3 Å². The lowest BCUT2D eigenvalue weighted by Gasteiger charge is -2.27. The van der Waals surface area contributed by atoms with E-state index in [0.717, 1.165) is 12.8 Å². The van der Waals surface area contributed by atoms with E-state index in [2.05, 4.69) is 31.3 Å².